The Hall–Kier alpha value is -0.190. The van der Waals surface area contributed by atoms with Gasteiger partial charge in [0.2, 0.25) is 5.91 Å². The molecule has 5 heteroatoms. The fourth-order valence-corrected chi connectivity index (χ4v) is 1.35. The van der Waals surface area contributed by atoms with Crippen LogP contribution in [0.15, 0.2) is 22.7 Å². The van der Waals surface area contributed by atoms with Crippen molar-refractivity contribution in [3.8, 4) is 0 Å². The molecule has 1 aromatic carbocycles. The number of anilines is 1. The highest BCUT2D eigenvalue weighted by Gasteiger charge is 2.01. The summed E-state index contributed by atoms with van der Waals surface area (Å²) in [6, 6.07) is 5.18. The second-order valence-corrected chi connectivity index (χ2v) is 3.91. The molecule has 0 heterocycles. The Morgan fingerprint density at radius 1 is 1.62 bits per heavy atom. The van der Waals surface area contributed by atoms with Crippen LogP contribution in [0.25, 0.3) is 0 Å². The molecule has 13 heavy (non-hydrogen) atoms. The molecule has 1 rings (SSSR count). The zero-order valence-electron chi connectivity index (χ0n) is 6.55. The van der Waals surface area contributed by atoms with Crippen LogP contribution >= 0.6 is 40.2 Å². The lowest BCUT2D eigenvalue weighted by atomic mass is 10.3. The third-order valence-electron chi connectivity index (χ3n) is 1.35. The van der Waals surface area contributed by atoms with Gasteiger partial charge in [-0.1, -0.05) is 11.6 Å². The first-order chi connectivity index (χ1) is 6.13. The normalized spacial score (nSPS) is 9.77. The number of hydrogen-bond donors (Lipinski definition) is 2. The summed E-state index contributed by atoms with van der Waals surface area (Å²) >= 11 is 12.9. The Bertz CT molecular complexity index is 332. The van der Waals surface area contributed by atoms with Gasteiger partial charge in [0.15, 0.2) is 0 Å². The molecule has 0 bridgehead atoms. The predicted octanol–water partition coefficient (Wildman–Crippen LogP) is 2.97. The van der Waals surface area contributed by atoms with Crippen LogP contribution < -0.4 is 5.32 Å². The maximum Gasteiger partial charge on any atom is 0.234 e. The fourth-order valence-electron chi connectivity index (χ4n) is 0.774. The maximum atomic E-state index is 10.9. The van der Waals surface area contributed by atoms with Crippen LogP contribution in [0.5, 0.6) is 0 Å². The van der Waals surface area contributed by atoms with E-state index in [9.17, 15) is 4.79 Å². The number of halogens is 2. The smallest absolute Gasteiger partial charge is 0.234 e. The molecular formula is C8H7BrClNOS. The van der Waals surface area contributed by atoms with Crippen molar-refractivity contribution < 1.29 is 4.79 Å². The summed E-state index contributed by atoms with van der Waals surface area (Å²) in [6.45, 7) is 0. The zero-order valence-corrected chi connectivity index (χ0v) is 9.79. The molecule has 0 fully saturated rings. The van der Waals surface area contributed by atoms with E-state index >= 15 is 0 Å². The molecule has 0 aliphatic heterocycles. The van der Waals surface area contributed by atoms with E-state index in [1.807, 2.05) is 0 Å². The van der Waals surface area contributed by atoms with Gasteiger partial charge in [-0.2, -0.15) is 12.6 Å². The molecule has 2 nitrogen and oxygen atoms in total. The van der Waals surface area contributed by atoms with Crippen LogP contribution in [0.3, 0.4) is 0 Å². The second-order valence-electron chi connectivity index (χ2n) is 2.34. The number of amides is 1. The molecule has 1 amide bonds. The Labute approximate surface area is 95.2 Å². The first-order valence-corrected chi connectivity index (χ1v) is 5.29. The molecule has 0 spiro atoms. The lowest BCUT2D eigenvalue weighted by molar-refractivity contribution is -0.113. The summed E-state index contributed by atoms with van der Waals surface area (Å²) in [5.41, 5.74) is 0.704. The zero-order chi connectivity index (χ0) is 9.84. The van der Waals surface area contributed by atoms with Crippen molar-refractivity contribution in [3.63, 3.8) is 0 Å². The Kier molecular flexibility index (Phi) is 4.09. The Morgan fingerprint density at radius 3 is 2.85 bits per heavy atom. The topological polar surface area (TPSA) is 29.1 Å². The quantitative estimate of drug-likeness (QED) is 0.801. The standard InChI is InChI=1S/C8H7BrClNOS/c9-6-3-5(1-2-7(6)10)11-8(12)4-13/h1-3,13H,4H2,(H,11,12). The summed E-state index contributed by atoms with van der Waals surface area (Å²) in [5, 5.41) is 3.27. The van der Waals surface area contributed by atoms with Crippen LogP contribution in [-0.4, -0.2) is 11.7 Å². The van der Waals surface area contributed by atoms with Gasteiger partial charge in [-0.15, -0.1) is 0 Å². The minimum absolute atomic E-state index is 0.141. The average Bonchev–Trinajstić information content (AvgIpc) is 2.11. The summed E-state index contributed by atoms with van der Waals surface area (Å²) in [5.74, 6) is 0.0258. The predicted molar refractivity (Wildman–Crippen MR) is 61.6 cm³/mol. The minimum atomic E-state index is -0.141. The van der Waals surface area contributed by atoms with Crippen molar-refractivity contribution in [2.75, 3.05) is 11.1 Å². The summed E-state index contributed by atoms with van der Waals surface area (Å²) in [6.07, 6.45) is 0. The van der Waals surface area contributed by atoms with E-state index in [1.165, 1.54) is 0 Å². The average molecular weight is 281 g/mol. The molecule has 0 aliphatic carbocycles. The molecule has 70 valence electrons. The number of nitrogens with one attached hydrogen (secondary N) is 1. The van der Waals surface area contributed by atoms with Gasteiger partial charge in [-0.05, 0) is 34.1 Å². The fraction of sp³-hybridized carbons (Fsp3) is 0.125. The highest BCUT2D eigenvalue weighted by molar-refractivity contribution is 9.10. The van der Waals surface area contributed by atoms with Gasteiger partial charge < -0.3 is 5.32 Å². The third kappa shape index (κ3) is 3.21. The highest BCUT2D eigenvalue weighted by Crippen LogP contribution is 2.25. The van der Waals surface area contributed by atoms with Crippen molar-refractivity contribution >= 4 is 51.8 Å². The summed E-state index contributed by atoms with van der Waals surface area (Å²) in [7, 11) is 0. The van der Waals surface area contributed by atoms with E-state index in [2.05, 4.69) is 33.9 Å². The van der Waals surface area contributed by atoms with Crippen molar-refractivity contribution in [2.24, 2.45) is 0 Å². The molecule has 0 saturated carbocycles. The Balaban J connectivity index is 2.79. The van der Waals surface area contributed by atoms with Crippen LogP contribution in [-0.2, 0) is 4.79 Å². The molecule has 1 N–H and O–H groups in total. The van der Waals surface area contributed by atoms with E-state index in [1.54, 1.807) is 18.2 Å². The number of rotatable bonds is 2. The number of carbonyl (C=O) groups excluding carboxylic acids is 1. The number of benzene rings is 1. The largest absolute Gasteiger partial charge is 0.325 e. The van der Waals surface area contributed by atoms with E-state index in [4.69, 9.17) is 11.6 Å². The van der Waals surface area contributed by atoms with E-state index in [0.717, 1.165) is 4.47 Å². The van der Waals surface area contributed by atoms with E-state index < -0.39 is 0 Å². The summed E-state index contributed by atoms with van der Waals surface area (Å²) in [4.78, 5) is 10.9. The van der Waals surface area contributed by atoms with Crippen LogP contribution in [0, 0.1) is 0 Å². The number of carbonyl (C=O) groups is 1. The summed E-state index contributed by atoms with van der Waals surface area (Å²) < 4.78 is 0.756. The van der Waals surface area contributed by atoms with Crippen molar-refractivity contribution in [2.45, 2.75) is 0 Å². The lowest BCUT2D eigenvalue weighted by Gasteiger charge is -2.04. The van der Waals surface area contributed by atoms with Gasteiger partial charge in [-0.25, -0.2) is 0 Å². The van der Waals surface area contributed by atoms with Gasteiger partial charge in [0, 0.05) is 10.2 Å². The van der Waals surface area contributed by atoms with Crippen LogP contribution in [0.4, 0.5) is 5.69 Å². The first-order valence-electron chi connectivity index (χ1n) is 3.49. The lowest BCUT2D eigenvalue weighted by Crippen LogP contribution is -2.12. The molecule has 0 atom stereocenters. The van der Waals surface area contributed by atoms with Gasteiger partial charge in [0.05, 0.1) is 10.8 Å². The van der Waals surface area contributed by atoms with Gasteiger partial charge >= 0.3 is 0 Å². The maximum absolute atomic E-state index is 10.9. The van der Waals surface area contributed by atoms with Gasteiger partial charge in [0.25, 0.3) is 0 Å². The highest BCUT2D eigenvalue weighted by atomic mass is 79.9. The molecular weight excluding hydrogens is 274 g/mol. The number of hydrogen-bond acceptors (Lipinski definition) is 2. The van der Waals surface area contributed by atoms with Crippen molar-refractivity contribution in [1.29, 1.82) is 0 Å². The molecule has 0 aliphatic rings. The van der Waals surface area contributed by atoms with E-state index in [0.29, 0.717) is 10.7 Å². The monoisotopic (exact) mass is 279 g/mol. The molecule has 0 saturated heterocycles. The second kappa shape index (κ2) is 4.88. The molecule has 0 aromatic heterocycles. The molecule has 0 radical (unpaired) electrons. The van der Waals surface area contributed by atoms with Crippen LogP contribution in [0.1, 0.15) is 0 Å². The van der Waals surface area contributed by atoms with Crippen molar-refractivity contribution in [3.05, 3.63) is 27.7 Å². The Morgan fingerprint density at radius 2 is 2.31 bits per heavy atom. The third-order valence-corrected chi connectivity index (χ3v) is 2.85. The number of thiol groups is 1. The van der Waals surface area contributed by atoms with E-state index in [-0.39, 0.29) is 11.7 Å². The molecule has 1 aromatic rings. The SMILES string of the molecule is O=C(CS)Nc1ccc(Cl)c(Br)c1. The first kappa shape index (κ1) is 10.9. The van der Waals surface area contributed by atoms with Gasteiger partial charge in [-0.3, -0.25) is 4.79 Å². The van der Waals surface area contributed by atoms with Gasteiger partial charge in [0.1, 0.15) is 0 Å². The van der Waals surface area contributed by atoms with Crippen molar-refractivity contribution in [1.82, 2.24) is 0 Å². The molecule has 0 unspecified atom stereocenters. The minimum Gasteiger partial charge on any atom is -0.325 e. The van der Waals surface area contributed by atoms with Crippen LogP contribution in [0.2, 0.25) is 5.02 Å².